The first-order chi connectivity index (χ1) is 7.57. The molecule has 0 aromatic heterocycles. The highest BCUT2D eigenvalue weighted by atomic mass is 28.4. The molecule has 0 aromatic carbocycles. The highest BCUT2D eigenvalue weighted by Gasteiger charge is 2.41. The fraction of sp³-hybridized carbons (Fsp3) is 0.600. The van der Waals surface area contributed by atoms with Gasteiger partial charge in [-0.1, -0.05) is 11.1 Å². The lowest BCUT2D eigenvalue weighted by Gasteiger charge is -2.26. The fourth-order valence-electron chi connectivity index (χ4n) is 1.28. The first-order valence-electron chi connectivity index (χ1n) is 4.73. The van der Waals surface area contributed by atoms with Gasteiger partial charge in [0.05, 0.1) is 0 Å². The normalized spacial score (nSPS) is 11.9. The Balaban J connectivity index is 4.65. The Morgan fingerprint density at radius 1 is 0.750 bits per heavy atom. The van der Waals surface area contributed by atoms with Crippen LogP contribution in [0.15, 0.2) is 0 Å². The van der Waals surface area contributed by atoms with Crippen LogP contribution in [0.1, 0.15) is 0 Å². The zero-order chi connectivity index (χ0) is 12.7. The largest absolute Gasteiger partial charge is 0.422 e. The van der Waals surface area contributed by atoms with Crippen molar-refractivity contribution >= 4 is 17.1 Å². The second-order valence-electron chi connectivity index (χ2n) is 3.11. The minimum atomic E-state index is -2.57. The Kier molecular flexibility index (Phi) is 6.61. The van der Waals surface area contributed by atoms with E-state index in [4.69, 9.17) is 30.6 Å². The lowest BCUT2D eigenvalue weighted by molar-refractivity contribution is 0.246. The molecule has 0 unspecified atom stereocenters. The van der Waals surface area contributed by atoms with Crippen molar-refractivity contribution < 1.29 is 17.7 Å². The topological polar surface area (TPSA) is 36.9 Å². The van der Waals surface area contributed by atoms with Gasteiger partial charge in [-0.25, -0.2) is 0 Å². The molecule has 0 aliphatic carbocycles. The molecule has 16 heavy (non-hydrogen) atoms. The van der Waals surface area contributed by atoms with Crippen molar-refractivity contribution in [2.24, 2.45) is 0 Å². The molecular formula is C10H18O4Si2. The first-order valence-corrected chi connectivity index (χ1v) is 8.78. The molecule has 0 radical (unpaired) electrons. The van der Waals surface area contributed by atoms with Crippen LogP contribution >= 0.6 is 0 Å². The third kappa shape index (κ3) is 3.46. The van der Waals surface area contributed by atoms with Gasteiger partial charge in [0.2, 0.25) is 0 Å². The van der Waals surface area contributed by atoms with E-state index >= 15 is 0 Å². The molecule has 0 spiro atoms. The van der Waals surface area contributed by atoms with Crippen molar-refractivity contribution in [1.82, 2.24) is 0 Å². The minimum Gasteiger partial charge on any atom is -0.389 e. The summed E-state index contributed by atoms with van der Waals surface area (Å²) in [5, 5.41) is 0. The van der Waals surface area contributed by atoms with Gasteiger partial charge in [-0.05, 0) is 0 Å². The van der Waals surface area contributed by atoms with Gasteiger partial charge in [-0.2, -0.15) is 0 Å². The van der Waals surface area contributed by atoms with Gasteiger partial charge in [-0.15, -0.1) is 12.8 Å². The summed E-state index contributed by atoms with van der Waals surface area (Å²) in [4.78, 5) is 0. The van der Waals surface area contributed by atoms with Crippen molar-refractivity contribution in [1.29, 1.82) is 0 Å². The zero-order valence-corrected chi connectivity index (χ0v) is 12.2. The van der Waals surface area contributed by atoms with E-state index in [0.717, 1.165) is 0 Å². The predicted molar refractivity (Wildman–Crippen MR) is 66.8 cm³/mol. The van der Waals surface area contributed by atoms with Crippen LogP contribution in [0.4, 0.5) is 0 Å². The summed E-state index contributed by atoms with van der Waals surface area (Å²) in [6.07, 6.45) is 10.9. The Bertz CT molecular complexity index is 254. The SMILES string of the molecule is C#C[Si](CC[Si](C#C)(OC)OC)(OC)OC. The molecule has 6 heteroatoms. The third-order valence-corrected chi connectivity index (χ3v) is 8.38. The lowest BCUT2D eigenvalue weighted by Crippen LogP contribution is -2.45. The van der Waals surface area contributed by atoms with Crippen molar-refractivity contribution in [2.75, 3.05) is 28.4 Å². The summed E-state index contributed by atoms with van der Waals surface area (Å²) in [6, 6.07) is 1.13. The molecule has 0 saturated heterocycles. The van der Waals surface area contributed by atoms with E-state index in [0.29, 0.717) is 12.1 Å². The molecular weight excluding hydrogens is 240 g/mol. The standard InChI is InChI=1S/C10H18O4Si2/c1-7-15(11-3,12-4)9-10-16(8-2,13-5)14-6/h1-2H,9-10H2,3-6H3. The molecule has 0 fully saturated rings. The number of rotatable bonds is 7. The molecule has 0 heterocycles. The second kappa shape index (κ2) is 6.87. The van der Waals surface area contributed by atoms with Gasteiger partial charge in [0, 0.05) is 40.5 Å². The molecule has 4 nitrogen and oxygen atoms in total. The zero-order valence-electron chi connectivity index (χ0n) is 10.2. The molecule has 0 aromatic rings. The van der Waals surface area contributed by atoms with Crippen molar-refractivity contribution in [2.45, 2.75) is 12.1 Å². The van der Waals surface area contributed by atoms with Crippen LogP contribution < -0.4 is 0 Å². The molecule has 0 aliphatic rings. The number of hydrogen-bond donors (Lipinski definition) is 0. The van der Waals surface area contributed by atoms with Gasteiger partial charge in [0.25, 0.3) is 0 Å². The average Bonchev–Trinajstić information content (AvgIpc) is 2.37. The van der Waals surface area contributed by atoms with Gasteiger partial charge in [0.15, 0.2) is 0 Å². The number of terminal acetylenes is 2. The van der Waals surface area contributed by atoms with Crippen LogP contribution in [-0.2, 0) is 17.7 Å². The Morgan fingerprint density at radius 3 is 1.12 bits per heavy atom. The summed E-state index contributed by atoms with van der Waals surface area (Å²) in [5.41, 5.74) is 5.19. The highest BCUT2D eigenvalue weighted by Crippen LogP contribution is 2.21. The van der Waals surface area contributed by atoms with Gasteiger partial charge in [-0.3, -0.25) is 0 Å². The van der Waals surface area contributed by atoms with E-state index in [9.17, 15) is 0 Å². The molecule has 0 bridgehead atoms. The van der Waals surface area contributed by atoms with Crippen molar-refractivity contribution in [3.05, 3.63) is 0 Å². The first kappa shape index (κ1) is 15.4. The maximum atomic E-state index is 5.43. The quantitative estimate of drug-likeness (QED) is 0.500. The fourth-order valence-corrected chi connectivity index (χ4v) is 5.83. The van der Waals surface area contributed by atoms with E-state index in [2.05, 4.69) is 11.1 Å². The van der Waals surface area contributed by atoms with Gasteiger partial charge in [0.1, 0.15) is 0 Å². The maximum absolute atomic E-state index is 5.43. The summed E-state index contributed by atoms with van der Waals surface area (Å²) in [6.45, 7) is 0. The van der Waals surface area contributed by atoms with Crippen molar-refractivity contribution in [3.8, 4) is 23.9 Å². The van der Waals surface area contributed by atoms with Gasteiger partial charge < -0.3 is 17.7 Å². The molecule has 0 atom stereocenters. The molecule has 0 aliphatic heterocycles. The molecule has 0 amide bonds. The maximum Gasteiger partial charge on any atom is 0.422 e. The smallest absolute Gasteiger partial charge is 0.389 e. The van der Waals surface area contributed by atoms with Crippen LogP contribution in [0.25, 0.3) is 0 Å². The highest BCUT2D eigenvalue weighted by molar-refractivity contribution is 6.80. The summed E-state index contributed by atoms with van der Waals surface area (Å²) in [5.74, 6) is 0. The summed E-state index contributed by atoms with van der Waals surface area (Å²) in [7, 11) is 1.06. The summed E-state index contributed by atoms with van der Waals surface area (Å²) < 4.78 is 21.2. The van der Waals surface area contributed by atoms with E-state index in [1.807, 2.05) is 0 Å². The van der Waals surface area contributed by atoms with Crippen LogP contribution in [-0.4, -0.2) is 45.6 Å². The third-order valence-electron chi connectivity index (χ3n) is 2.54. The monoisotopic (exact) mass is 258 g/mol. The van der Waals surface area contributed by atoms with E-state index in [-0.39, 0.29) is 0 Å². The van der Waals surface area contributed by atoms with Crippen LogP contribution in [0.2, 0.25) is 12.1 Å². The van der Waals surface area contributed by atoms with Crippen LogP contribution in [0, 0.1) is 23.9 Å². The molecule has 0 N–H and O–H groups in total. The van der Waals surface area contributed by atoms with E-state index in [1.54, 1.807) is 28.4 Å². The Hall–Kier alpha value is -0.606. The summed E-state index contributed by atoms with van der Waals surface area (Å²) >= 11 is 0. The Labute approximate surface area is 99.7 Å². The predicted octanol–water partition coefficient (Wildman–Crippen LogP) is 0.801. The average molecular weight is 258 g/mol. The minimum absolute atomic E-state index is 0.564. The lowest BCUT2D eigenvalue weighted by atomic mass is 10.9. The molecule has 90 valence electrons. The van der Waals surface area contributed by atoms with Crippen molar-refractivity contribution in [3.63, 3.8) is 0 Å². The molecule has 0 saturated carbocycles. The second-order valence-corrected chi connectivity index (χ2v) is 9.33. The Morgan fingerprint density at radius 2 is 1.00 bits per heavy atom. The van der Waals surface area contributed by atoms with E-state index < -0.39 is 17.1 Å². The van der Waals surface area contributed by atoms with E-state index in [1.165, 1.54) is 0 Å². The van der Waals surface area contributed by atoms with Crippen LogP contribution in [0.5, 0.6) is 0 Å². The van der Waals surface area contributed by atoms with Gasteiger partial charge >= 0.3 is 17.1 Å². The number of hydrogen-bond acceptors (Lipinski definition) is 4. The molecule has 0 rings (SSSR count). The van der Waals surface area contributed by atoms with Crippen LogP contribution in [0.3, 0.4) is 0 Å².